The number of methoxy groups -OCH3 is 1. The van der Waals surface area contributed by atoms with Crippen LogP contribution in [0.2, 0.25) is 0 Å². The van der Waals surface area contributed by atoms with Gasteiger partial charge in [-0.3, -0.25) is 4.79 Å². The van der Waals surface area contributed by atoms with E-state index in [9.17, 15) is 13.2 Å². The van der Waals surface area contributed by atoms with Crippen molar-refractivity contribution in [1.82, 2.24) is 14.5 Å². The Bertz CT molecular complexity index is 871. The van der Waals surface area contributed by atoms with E-state index in [2.05, 4.69) is 31.0 Å². The van der Waals surface area contributed by atoms with Crippen molar-refractivity contribution in [3.05, 3.63) is 23.8 Å². The number of hydrogen-bond acceptors (Lipinski definition) is 5. The summed E-state index contributed by atoms with van der Waals surface area (Å²) >= 11 is 0. The molecule has 2 fully saturated rings. The summed E-state index contributed by atoms with van der Waals surface area (Å²) in [6.07, 6.45) is 5.24. The Kier molecular flexibility index (Phi) is 8.58. The summed E-state index contributed by atoms with van der Waals surface area (Å²) in [5, 5.41) is 3.11. The third-order valence-electron chi connectivity index (χ3n) is 6.63. The van der Waals surface area contributed by atoms with Gasteiger partial charge in [-0.05, 0) is 62.3 Å². The van der Waals surface area contributed by atoms with E-state index >= 15 is 0 Å². The Morgan fingerprint density at radius 3 is 2.41 bits per heavy atom. The molecule has 0 bridgehead atoms. The molecule has 2 atom stereocenters. The monoisotopic (exact) mass is 465 g/mol. The van der Waals surface area contributed by atoms with Gasteiger partial charge in [-0.25, -0.2) is 8.42 Å². The second kappa shape index (κ2) is 11.0. The number of unbranched alkanes of at least 4 members (excludes halogenated alkanes) is 1. The molecule has 0 radical (unpaired) electrons. The van der Waals surface area contributed by atoms with Gasteiger partial charge in [0.1, 0.15) is 10.6 Å². The van der Waals surface area contributed by atoms with E-state index in [1.54, 1.807) is 12.1 Å². The Hall–Kier alpha value is -1.64. The highest BCUT2D eigenvalue weighted by atomic mass is 32.2. The summed E-state index contributed by atoms with van der Waals surface area (Å²) in [5.41, 5.74) is 0.357. The van der Waals surface area contributed by atoms with Gasteiger partial charge in [-0.1, -0.05) is 27.2 Å². The largest absolute Gasteiger partial charge is 0.495 e. The number of ether oxygens (including phenoxy) is 1. The molecule has 2 heterocycles. The number of carbonyl (C=O) groups excluding carboxylic acids is 1. The zero-order valence-corrected chi connectivity index (χ0v) is 20.8. The van der Waals surface area contributed by atoms with Crippen LogP contribution < -0.4 is 10.1 Å². The van der Waals surface area contributed by atoms with Crippen LogP contribution in [-0.2, 0) is 10.0 Å². The zero-order chi connectivity index (χ0) is 23.3. The van der Waals surface area contributed by atoms with Crippen LogP contribution in [0.3, 0.4) is 0 Å². The zero-order valence-electron chi connectivity index (χ0n) is 20.0. The molecule has 7 nitrogen and oxygen atoms in total. The quantitative estimate of drug-likeness (QED) is 0.637. The molecule has 0 aromatic heterocycles. The number of piperidine rings is 2. The number of benzene rings is 1. The van der Waals surface area contributed by atoms with Gasteiger partial charge in [0.15, 0.2) is 0 Å². The Morgan fingerprint density at radius 2 is 1.81 bits per heavy atom. The summed E-state index contributed by atoms with van der Waals surface area (Å²) in [7, 11) is -2.29. The Balaban J connectivity index is 1.72. The lowest BCUT2D eigenvalue weighted by Gasteiger charge is -2.34. The molecule has 32 heavy (non-hydrogen) atoms. The summed E-state index contributed by atoms with van der Waals surface area (Å²) in [5.74, 6) is 0.650. The predicted molar refractivity (Wildman–Crippen MR) is 127 cm³/mol. The minimum Gasteiger partial charge on any atom is -0.495 e. The van der Waals surface area contributed by atoms with Crippen LogP contribution in [0.25, 0.3) is 0 Å². The fourth-order valence-corrected chi connectivity index (χ4v) is 6.77. The fraction of sp³-hybridized carbons (Fsp3) is 0.708. The number of nitrogens with zero attached hydrogens (tertiary/aromatic N) is 2. The van der Waals surface area contributed by atoms with E-state index in [4.69, 9.17) is 4.74 Å². The number of hydrogen-bond donors (Lipinski definition) is 1. The molecule has 1 aromatic rings. The first kappa shape index (κ1) is 25.0. The summed E-state index contributed by atoms with van der Waals surface area (Å²) in [6, 6.07) is 4.83. The lowest BCUT2D eigenvalue weighted by molar-refractivity contribution is 0.0910. The first-order chi connectivity index (χ1) is 15.2. The summed E-state index contributed by atoms with van der Waals surface area (Å²) in [4.78, 5) is 15.5. The maximum atomic E-state index is 13.5. The van der Waals surface area contributed by atoms with E-state index in [-0.39, 0.29) is 22.6 Å². The van der Waals surface area contributed by atoms with E-state index in [1.807, 2.05) is 0 Å². The Morgan fingerprint density at radius 1 is 1.16 bits per heavy atom. The van der Waals surface area contributed by atoms with Crippen LogP contribution >= 0.6 is 0 Å². The average Bonchev–Trinajstić information content (AvgIpc) is 2.77. The van der Waals surface area contributed by atoms with Crippen LogP contribution in [0, 0.1) is 11.8 Å². The third kappa shape index (κ3) is 6.02. The molecular weight excluding hydrogens is 426 g/mol. The first-order valence-electron chi connectivity index (χ1n) is 12.0. The SMILES string of the molecule is CCCCN1CCC(NC(=O)c2ccc(OC)c(S(=O)(=O)N3CC(C)CC(C)C3)c2)CC1. The van der Waals surface area contributed by atoms with Crippen molar-refractivity contribution in [1.29, 1.82) is 0 Å². The van der Waals surface area contributed by atoms with E-state index in [0.29, 0.717) is 30.5 Å². The molecule has 2 aliphatic heterocycles. The van der Waals surface area contributed by atoms with Gasteiger partial charge >= 0.3 is 0 Å². The average molecular weight is 466 g/mol. The number of rotatable bonds is 8. The number of likely N-dealkylation sites (tertiary alicyclic amines) is 1. The van der Waals surface area contributed by atoms with Gasteiger partial charge < -0.3 is 15.0 Å². The van der Waals surface area contributed by atoms with Crippen molar-refractivity contribution >= 4 is 15.9 Å². The highest BCUT2D eigenvalue weighted by Gasteiger charge is 2.34. The second-order valence-electron chi connectivity index (χ2n) is 9.58. The smallest absolute Gasteiger partial charge is 0.251 e. The molecule has 2 saturated heterocycles. The fourth-order valence-electron chi connectivity index (χ4n) is 4.91. The van der Waals surface area contributed by atoms with Gasteiger partial charge in [0.25, 0.3) is 5.91 Å². The van der Waals surface area contributed by atoms with E-state index in [0.717, 1.165) is 38.9 Å². The minimum atomic E-state index is -3.75. The highest BCUT2D eigenvalue weighted by molar-refractivity contribution is 7.89. The van der Waals surface area contributed by atoms with Crippen LogP contribution in [0.4, 0.5) is 0 Å². The molecule has 1 N–H and O–H groups in total. The lowest BCUT2D eigenvalue weighted by Crippen LogP contribution is -2.45. The number of amides is 1. The van der Waals surface area contributed by atoms with Gasteiger partial charge in [-0.2, -0.15) is 4.31 Å². The molecule has 2 unspecified atom stereocenters. The van der Waals surface area contributed by atoms with Gasteiger partial charge in [0, 0.05) is 37.8 Å². The summed E-state index contributed by atoms with van der Waals surface area (Å²) in [6.45, 7) is 10.4. The number of sulfonamides is 1. The Labute approximate surface area is 193 Å². The van der Waals surface area contributed by atoms with Crippen molar-refractivity contribution in [2.24, 2.45) is 11.8 Å². The van der Waals surface area contributed by atoms with Crippen LogP contribution in [0.5, 0.6) is 5.75 Å². The standard InChI is InChI=1S/C24H39N3O4S/c1-5-6-11-26-12-9-21(10-13-26)25-24(28)20-7-8-22(31-4)23(15-20)32(29,30)27-16-18(2)14-19(3)17-27/h7-8,15,18-19,21H,5-6,9-14,16-17H2,1-4H3,(H,25,28). The van der Waals surface area contributed by atoms with Crippen LogP contribution in [-0.4, -0.2) is 69.4 Å². The molecule has 8 heteroatoms. The van der Waals surface area contributed by atoms with Crippen molar-refractivity contribution in [2.75, 3.05) is 39.8 Å². The molecule has 1 aromatic carbocycles. The number of carbonyl (C=O) groups is 1. The predicted octanol–water partition coefficient (Wildman–Crippen LogP) is 3.36. The minimum absolute atomic E-state index is 0.0725. The molecular formula is C24H39N3O4S. The highest BCUT2D eigenvalue weighted by Crippen LogP contribution is 2.32. The van der Waals surface area contributed by atoms with Gasteiger partial charge in [0.2, 0.25) is 10.0 Å². The van der Waals surface area contributed by atoms with Crippen LogP contribution in [0.1, 0.15) is 63.2 Å². The normalized spacial score (nSPS) is 23.8. The van der Waals surface area contributed by atoms with Crippen molar-refractivity contribution in [3.8, 4) is 5.75 Å². The van der Waals surface area contributed by atoms with E-state index < -0.39 is 10.0 Å². The van der Waals surface area contributed by atoms with Crippen molar-refractivity contribution in [2.45, 2.75) is 63.8 Å². The third-order valence-corrected chi connectivity index (χ3v) is 8.48. The van der Waals surface area contributed by atoms with Crippen molar-refractivity contribution < 1.29 is 17.9 Å². The lowest BCUT2D eigenvalue weighted by atomic mass is 9.94. The molecule has 3 rings (SSSR count). The van der Waals surface area contributed by atoms with E-state index in [1.165, 1.54) is 30.3 Å². The maximum absolute atomic E-state index is 13.5. The first-order valence-corrected chi connectivity index (χ1v) is 13.4. The number of nitrogens with one attached hydrogen (secondary N) is 1. The molecule has 180 valence electrons. The van der Waals surface area contributed by atoms with Crippen molar-refractivity contribution in [3.63, 3.8) is 0 Å². The maximum Gasteiger partial charge on any atom is 0.251 e. The van der Waals surface area contributed by atoms with Gasteiger partial charge in [0.05, 0.1) is 7.11 Å². The van der Waals surface area contributed by atoms with Crippen LogP contribution in [0.15, 0.2) is 23.1 Å². The molecule has 0 aliphatic carbocycles. The topological polar surface area (TPSA) is 79.0 Å². The summed E-state index contributed by atoms with van der Waals surface area (Å²) < 4.78 is 33.8. The molecule has 0 spiro atoms. The molecule has 2 aliphatic rings. The molecule has 0 saturated carbocycles. The van der Waals surface area contributed by atoms with Gasteiger partial charge in [-0.15, -0.1) is 0 Å². The second-order valence-corrected chi connectivity index (χ2v) is 11.5. The molecule has 1 amide bonds.